The average molecular weight is 184 g/mol. The van der Waals surface area contributed by atoms with Crippen LogP contribution in [-0.4, -0.2) is 28.6 Å². The smallest absolute Gasteiger partial charge is 0.390 e. The molecule has 0 aliphatic heterocycles. The lowest BCUT2D eigenvalue weighted by molar-refractivity contribution is -0.229. The molecule has 0 aliphatic rings. The molecule has 0 aromatic carbocycles. The highest BCUT2D eigenvalue weighted by atomic mass is 19.4. The molecule has 0 aliphatic carbocycles. The van der Waals surface area contributed by atoms with Crippen LogP contribution in [0.1, 0.15) is 13.3 Å². The van der Waals surface area contributed by atoms with Gasteiger partial charge in [-0.1, -0.05) is 12.2 Å². The van der Waals surface area contributed by atoms with E-state index in [1.807, 2.05) is 0 Å². The van der Waals surface area contributed by atoms with Crippen molar-refractivity contribution in [2.75, 3.05) is 0 Å². The summed E-state index contributed by atoms with van der Waals surface area (Å²) in [6.07, 6.45) is -6.51. The Bertz CT molecular complexity index is 153. The summed E-state index contributed by atoms with van der Waals surface area (Å²) in [7, 11) is 0. The monoisotopic (exact) mass is 184 g/mol. The van der Waals surface area contributed by atoms with Crippen molar-refractivity contribution < 1.29 is 23.4 Å². The van der Waals surface area contributed by atoms with Crippen molar-refractivity contribution in [1.29, 1.82) is 0 Å². The van der Waals surface area contributed by atoms with E-state index in [9.17, 15) is 13.2 Å². The van der Waals surface area contributed by atoms with E-state index < -0.39 is 18.4 Å². The maximum Gasteiger partial charge on any atom is 0.416 e. The minimum atomic E-state index is -4.75. The molecule has 2 nitrogen and oxygen atoms in total. The summed E-state index contributed by atoms with van der Waals surface area (Å²) in [5, 5.41) is 17.2. The molecule has 0 saturated carbocycles. The standard InChI is InChI=1S/C7H11F3O2/c1-2-3-4-5(11)6(12)7(8,9)10/h2-3,5-6,11-12H,4H2,1H3. The van der Waals surface area contributed by atoms with E-state index in [1.165, 1.54) is 12.2 Å². The zero-order valence-electron chi connectivity index (χ0n) is 6.54. The van der Waals surface area contributed by atoms with Crippen molar-refractivity contribution in [2.45, 2.75) is 31.7 Å². The third-order valence-electron chi connectivity index (χ3n) is 1.31. The van der Waals surface area contributed by atoms with Crippen molar-refractivity contribution in [3.63, 3.8) is 0 Å². The van der Waals surface area contributed by atoms with Gasteiger partial charge in [-0.2, -0.15) is 13.2 Å². The minimum Gasteiger partial charge on any atom is -0.390 e. The summed E-state index contributed by atoms with van der Waals surface area (Å²) in [4.78, 5) is 0. The molecule has 2 unspecified atom stereocenters. The first kappa shape index (κ1) is 11.4. The zero-order chi connectivity index (χ0) is 9.78. The Morgan fingerprint density at radius 2 is 1.83 bits per heavy atom. The molecule has 0 radical (unpaired) electrons. The molecule has 0 aromatic heterocycles. The summed E-state index contributed by atoms with van der Waals surface area (Å²) in [5.74, 6) is 0. The molecule has 0 spiro atoms. The fraction of sp³-hybridized carbons (Fsp3) is 0.714. The van der Waals surface area contributed by atoms with Gasteiger partial charge in [-0.05, 0) is 13.3 Å². The molecule has 5 heteroatoms. The van der Waals surface area contributed by atoms with Crippen LogP contribution in [0.3, 0.4) is 0 Å². The lowest BCUT2D eigenvalue weighted by Gasteiger charge is -2.18. The maximum absolute atomic E-state index is 11.7. The first-order valence-corrected chi connectivity index (χ1v) is 3.43. The molecule has 0 aromatic rings. The fourth-order valence-corrected chi connectivity index (χ4v) is 0.623. The number of halogens is 3. The van der Waals surface area contributed by atoms with Gasteiger partial charge in [0.15, 0.2) is 6.10 Å². The van der Waals surface area contributed by atoms with Gasteiger partial charge in [-0.3, -0.25) is 0 Å². The van der Waals surface area contributed by atoms with Crippen LogP contribution in [0.4, 0.5) is 13.2 Å². The van der Waals surface area contributed by atoms with Crippen LogP contribution in [0.2, 0.25) is 0 Å². The predicted octanol–water partition coefficient (Wildman–Crippen LogP) is 1.24. The van der Waals surface area contributed by atoms with Gasteiger partial charge in [-0.25, -0.2) is 0 Å². The third-order valence-corrected chi connectivity index (χ3v) is 1.31. The van der Waals surface area contributed by atoms with Gasteiger partial charge in [0.05, 0.1) is 6.10 Å². The quantitative estimate of drug-likeness (QED) is 0.648. The number of aliphatic hydroxyl groups is 2. The summed E-state index contributed by atoms with van der Waals surface area (Å²) in [5.41, 5.74) is 0. The first-order valence-electron chi connectivity index (χ1n) is 3.43. The number of alkyl halides is 3. The number of allylic oxidation sites excluding steroid dienone is 1. The van der Waals surface area contributed by atoms with Crippen molar-refractivity contribution in [1.82, 2.24) is 0 Å². The molecule has 0 bridgehead atoms. The molecule has 0 rings (SSSR count). The van der Waals surface area contributed by atoms with E-state index in [2.05, 4.69) is 0 Å². The van der Waals surface area contributed by atoms with Crippen molar-refractivity contribution >= 4 is 0 Å². The maximum atomic E-state index is 11.7. The number of aliphatic hydroxyl groups excluding tert-OH is 2. The summed E-state index contributed by atoms with van der Waals surface area (Å²) >= 11 is 0. The van der Waals surface area contributed by atoms with Gasteiger partial charge in [0.25, 0.3) is 0 Å². The van der Waals surface area contributed by atoms with Gasteiger partial charge in [0.1, 0.15) is 0 Å². The number of hydrogen-bond acceptors (Lipinski definition) is 2. The Hall–Kier alpha value is -0.550. The van der Waals surface area contributed by atoms with Crippen LogP contribution in [0.25, 0.3) is 0 Å². The molecular weight excluding hydrogens is 173 g/mol. The number of hydrogen-bond donors (Lipinski definition) is 2. The largest absolute Gasteiger partial charge is 0.416 e. The highest BCUT2D eigenvalue weighted by Crippen LogP contribution is 2.23. The lowest BCUT2D eigenvalue weighted by Crippen LogP contribution is -2.39. The Morgan fingerprint density at radius 1 is 1.33 bits per heavy atom. The van der Waals surface area contributed by atoms with E-state index in [1.54, 1.807) is 6.92 Å². The Morgan fingerprint density at radius 3 is 2.17 bits per heavy atom. The molecule has 0 saturated heterocycles. The molecule has 0 fully saturated rings. The number of rotatable bonds is 3. The zero-order valence-corrected chi connectivity index (χ0v) is 6.54. The Kier molecular flexibility index (Phi) is 4.26. The first-order chi connectivity index (χ1) is 5.39. The van der Waals surface area contributed by atoms with E-state index >= 15 is 0 Å². The highest BCUT2D eigenvalue weighted by Gasteiger charge is 2.42. The Balaban J connectivity index is 4.01. The molecule has 0 heterocycles. The highest BCUT2D eigenvalue weighted by molar-refractivity contribution is 4.85. The topological polar surface area (TPSA) is 40.5 Å². The SMILES string of the molecule is CC=CCC(O)C(O)C(F)(F)F. The predicted molar refractivity (Wildman–Crippen MR) is 37.5 cm³/mol. The summed E-state index contributed by atoms with van der Waals surface area (Å²) in [6.45, 7) is 1.62. The normalized spacial score (nSPS) is 18.2. The van der Waals surface area contributed by atoms with Gasteiger partial charge in [-0.15, -0.1) is 0 Å². The molecule has 2 N–H and O–H groups in total. The Labute approximate surface area is 68.3 Å². The van der Waals surface area contributed by atoms with Gasteiger partial charge < -0.3 is 10.2 Å². The molecule has 0 amide bonds. The van der Waals surface area contributed by atoms with Crippen LogP contribution >= 0.6 is 0 Å². The van der Waals surface area contributed by atoms with E-state index in [-0.39, 0.29) is 6.42 Å². The van der Waals surface area contributed by atoms with Gasteiger partial charge >= 0.3 is 6.18 Å². The minimum absolute atomic E-state index is 0.197. The van der Waals surface area contributed by atoms with E-state index in [0.717, 1.165) is 0 Å². The van der Waals surface area contributed by atoms with Crippen molar-refractivity contribution in [3.8, 4) is 0 Å². The molecule has 72 valence electrons. The fourth-order valence-electron chi connectivity index (χ4n) is 0.623. The van der Waals surface area contributed by atoms with Crippen LogP contribution in [-0.2, 0) is 0 Å². The van der Waals surface area contributed by atoms with Crippen LogP contribution < -0.4 is 0 Å². The third kappa shape index (κ3) is 3.73. The second-order valence-corrected chi connectivity index (χ2v) is 2.36. The molecule has 12 heavy (non-hydrogen) atoms. The second kappa shape index (κ2) is 4.47. The summed E-state index contributed by atoms with van der Waals surface area (Å²) in [6, 6.07) is 0. The van der Waals surface area contributed by atoms with E-state index in [0.29, 0.717) is 0 Å². The lowest BCUT2D eigenvalue weighted by atomic mass is 10.1. The van der Waals surface area contributed by atoms with E-state index in [4.69, 9.17) is 10.2 Å². The van der Waals surface area contributed by atoms with Crippen molar-refractivity contribution in [3.05, 3.63) is 12.2 Å². The van der Waals surface area contributed by atoms with Gasteiger partial charge in [0, 0.05) is 0 Å². The molecule has 2 atom stereocenters. The van der Waals surface area contributed by atoms with Crippen molar-refractivity contribution in [2.24, 2.45) is 0 Å². The molecular formula is C7H11F3O2. The average Bonchev–Trinajstić information content (AvgIpc) is 1.97. The summed E-state index contributed by atoms with van der Waals surface area (Å²) < 4.78 is 35.1. The van der Waals surface area contributed by atoms with Crippen LogP contribution in [0.15, 0.2) is 12.2 Å². The second-order valence-electron chi connectivity index (χ2n) is 2.36. The van der Waals surface area contributed by atoms with Crippen LogP contribution in [0, 0.1) is 0 Å². The van der Waals surface area contributed by atoms with Crippen LogP contribution in [0.5, 0.6) is 0 Å². The van der Waals surface area contributed by atoms with Gasteiger partial charge in [0.2, 0.25) is 0 Å².